The van der Waals surface area contributed by atoms with E-state index in [2.05, 4.69) is 10.3 Å². The zero-order chi connectivity index (χ0) is 14.7. The van der Waals surface area contributed by atoms with Gasteiger partial charge in [-0.1, -0.05) is 6.07 Å². The summed E-state index contributed by atoms with van der Waals surface area (Å²) in [6.45, 7) is 1.74. The zero-order valence-corrected chi connectivity index (χ0v) is 10.9. The Balaban J connectivity index is 2.39. The van der Waals surface area contributed by atoms with Gasteiger partial charge in [0.25, 0.3) is 5.69 Å². The van der Waals surface area contributed by atoms with E-state index in [1.54, 1.807) is 20.0 Å². The van der Waals surface area contributed by atoms with Crippen molar-refractivity contribution >= 4 is 11.5 Å². The molecule has 2 rings (SSSR count). The van der Waals surface area contributed by atoms with E-state index in [9.17, 15) is 14.5 Å². The van der Waals surface area contributed by atoms with E-state index in [0.717, 1.165) is 0 Å². The van der Waals surface area contributed by atoms with Crippen LogP contribution in [-0.4, -0.2) is 17.0 Å². The number of nitro groups is 1. The van der Waals surface area contributed by atoms with Crippen molar-refractivity contribution in [3.63, 3.8) is 0 Å². The summed E-state index contributed by atoms with van der Waals surface area (Å²) in [4.78, 5) is 14.3. The number of aryl methyl sites for hydroxylation is 1. The van der Waals surface area contributed by atoms with E-state index in [1.807, 2.05) is 0 Å². The second-order valence-corrected chi connectivity index (χ2v) is 4.07. The highest BCUT2D eigenvalue weighted by atomic mass is 19.1. The lowest BCUT2D eigenvalue weighted by Gasteiger charge is -2.09. The number of nitrogens with zero attached hydrogens (tertiary/aromatic N) is 2. The molecule has 1 aromatic carbocycles. The third-order valence-electron chi connectivity index (χ3n) is 2.62. The Morgan fingerprint density at radius 3 is 2.75 bits per heavy atom. The molecule has 2 aromatic rings. The number of aromatic nitrogens is 1. The Labute approximate surface area is 114 Å². The summed E-state index contributed by atoms with van der Waals surface area (Å²) in [7, 11) is 1.59. The van der Waals surface area contributed by atoms with Crippen molar-refractivity contribution in [1.29, 1.82) is 0 Å². The first-order valence-corrected chi connectivity index (χ1v) is 5.78. The first-order chi connectivity index (χ1) is 9.49. The van der Waals surface area contributed by atoms with Gasteiger partial charge in [0.15, 0.2) is 0 Å². The van der Waals surface area contributed by atoms with E-state index < -0.39 is 10.7 Å². The molecule has 104 valence electrons. The lowest BCUT2D eigenvalue weighted by Crippen LogP contribution is -1.98. The Hall–Kier alpha value is -2.70. The average molecular weight is 277 g/mol. The highest BCUT2D eigenvalue weighted by molar-refractivity contribution is 5.49. The maximum atomic E-state index is 13.2. The third-order valence-corrected chi connectivity index (χ3v) is 2.62. The number of hydrogen-bond acceptors (Lipinski definition) is 5. The van der Waals surface area contributed by atoms with Gasteiger partial charge in [0.1, 0.15) is 17.4 Å². The molecular weight excluding hydrogens is 265 g/mol. The van der Waals surface area contributed by atoms with Crippen molar-refractivity contribution in [2.45, 2.75) is 6.92 Å². The predicted molar refractivity (Wildman–Crippen MR) is 71.6 cm³/mol. The van der Waals surface area contributed by atoms with Crippen LogP contribution in [0.1, 0.15) is 5.56 Å². The second-order valence-electron chi connectivity index (χ2n) is 4.07. The fraction of sp³-hybridized carbons (Fsp3) is 0.154. The van der Waals surface area contributed by atoms with Gasteiger partial charge in [-0.15, -0.1) is 0 Å². The van der Waals surface area contributed by atoms with Crippen LogP contribution >= 0.6 is 0 Å². The monoisotopic (exact) mass is 277 g/mol. The molecule has 0 aliphatic carbocycles. The quantitative estimate of drug-likeness (QED) is 0.685. The molecule has 0 aliphatic heterocycles. The number of halogens is 1. The molecule has 1 aromatic heterocycles. The molecule has 7 heteroatoms. The number of nitrogens with one attached hydrogen (secondary N) is 1. The molecule has 0 spiro atoms. The van der Waals surface area contributed by atoms with Gasteiger partial charge < -0.3 is 10.1 Å². The van der Waals surface area contributed by atoms with Crippen molar-refractivity contribution in [3.05, 3.63) is 51.8 Å². The highest BCUT2D eigenvalue weighted by Crippen LogP contribution is 2.28. The second kappa shape index (κ2) is 5.52. The van der Waals surface area contributed by atoms with E-state index in [1.165, 1.54) is 24.3 Å². The van der Waals surface area contributed by atoms with Crippen molar-refractivity contribution in [2.24, 2.45) is 0 Å². The highest BCUT2D eigenvalue weighted by Gasteiger charge is 2.13. The summed E-state index contributed by atoms with van der Waals surface area (Å²) in [6.07, 6.45) is 0. The number of benzene rings is 1. The minimum Gasteiger partial charge on any atom is -0.438 e. The molecule has 0 fully saturated rings. The molecule has 20 heavy (non-hydrogen) atoms. The van der Waals surface area contributed by atoms with Crippen LogP contribution in [0.15, 0.2) is 30.3 Å². The van der Waals surface area contributed by atoms with Crippen molar-refractivity contribution in [1.82, 2.24) is 4.98 Å². The number of pyridine rings is 1. The summed E-state index contributed by atoms with van der Waals surface area (Å²) in [5, 5.41) is 13.5. The lowest BCUT2D eigenvalue weighted by molar-refractivity contribution is -0.384. The predicted octanol–water partition coefficient (Wildman–Crippen LogP) is 3.27. The van der Waals surface area contributed by atoms with Crippen LogP contribution in [0.2, 0.25) is 0 Å². The molecule has 6 nitrogen and oxygen atoms in total. The molecular formula is C13H12FN3O3. The van der Waals surface area contributed by atoms with Crippen LogP contribution < -0.4 is 10.1 Å². The maximum Gasteiger partial charge on any atom is 0.278 e. The largest absolute Gasteiger partial charge is 0.438 e. The summed E-state index contributed by atoms with van der Waals surface area (Å²) in [5.41, 5.74) is 0.541. The summed E-state index contributed by atoms with van der Waals surface area (Å²) in [5.74, 6) is 0.130. The Kier molecular flexibility index (Phi) is 3.79. The lowest BCUT2D eigenvalue weighted by atomic mass is 10.2. The minimum atomic E-state index is -0.548. The smallest absolute Gasteiger partial charge is 0.278 e. The van der Waals surface area contributed by atoms with Gasteiger partial charge in [0.2, 0.25) is 5.88 Å². The van der Waals surface area contributed by atoms with Crippen LogP contribution in [0.25, 0.3) is 0 Å². The Morgan fingerprint density at radius 1 is 1.35 bits per heavy atom. The van der Waals surface area contributed by atoms with E-state index in [0.29, 0.717) is 11.4 Å². The van der Waals surface area contributed by atoms with Gasteiger partial charge in [-0.2, -0.15) is 4.98 Å². The SMILES string of the molecule is CNc1cc([N+](=O)[O-])cc(Oc2cc(F)ccc2C)n1. The molecule has 0 unspecified atom stereocenters. The van der Waals surface area contributed by atoms with Gasteiger partial charge in [-0.05, 0) is 18.6 Å². The Bertz CT molecular complexity index is 661. The van der Waals surface area contributed by atoms with E-state index >= 15 is 0 Å². The molecule has 0 bridgehead atoms. The number of rotatable bonds is 4. The first-order valence-electron chi connectivity index (χ1n) is 5.78. The van der Waals surface area contributed by atoms with E-state index in [-0.39, 0.29) is 17.3 Å². The molecule has 1 N–H and O–H groups in total. The van der Waals surface area contributed by atoms with Crippen LogP contribution in [0.4, 0.5) is 15.9 Å². The van der Waals surface area contributed by atoms with Crippen molar-refractivity contribution < 1.29 is 14.1 Å². The summed E-state index contributed by atoms with van der Waals surface area (Å²) in [6, 6.07) is 6.54. The molecule has 0 saturated heterocycles. The van der Waals surface area contributed by atoms with Crippen LogP contribution in [0, 0.1) is 22.9 Å². The van der Waals surface area contributed by atoms with Gasteiger partial charge >= 0.3 is 0 Å². The minimum absolute atomic E-state index is 0.0252. The molecule has 0 aliphatic rings. The Morgan fingerprint density at radius 2 is 2.10 bits per heavy atom. The van der Waals surface area contributed by atoms with Gasteiger partial charge in [0, 0.05) is 13.1 Å². The standard InChI is InChI=1S/C13H12FN3O3/c1-8-3-4-9(14)5-11(8)20-13-7-10(17(18)19)6-12(15-2)16-13/h3-7H,1-2H3,(H,15,16). The molecule has 0 atom stereocenters. The van der Waals surface area contributed by atoms with Gasteiger partial charge in [-0.25, -0.2) is 4.39 Å². The summed E-state index contributed by atoms with van der Waals surface area (Å²) >= 11 is 0. The van der Waals surface area contributed by atoms with Crippen LogP contribution in [0.3, 0.4) is 0 Å². The number of anilines is 1. The van der Waals surface area contributed by atoms with Gasteiger partial charge in [-0.3, -0.25) is 10.1 Å². The fourth-order valence-electron chi connectivity index (χ4n) is 1.57. The molecule has 0 radical (unpaired) electrons. The van der Waals surface area contributed by atoms with Gasteiger partial charge in [0.05, 0.1) is 17.1 Å². The first kappa shape index (κ1) is 13.7. The third kappa shape index (κ3) is 3.00. The van der Waals surface area contributed by atoms with Crippen molar-refractivity contribution in [2.75, 3.05) is 12.4 Å². The molecule has 1 heterocycles. The number of hydrogen-bond donors (Lipinski definition) is 1. The van der Waals surface area contributed by atoms with Crippen LogP contribution in [-0.2, 0) is 0 Å². The van der Waals surface area contributed by atoms with Crippen LogP contribution in [0.5, 0.6) is 11.6 Å². The average Bonchev–Trinajstić information content (AvgIpc) is 2.42. The normalized spacial score (nSPS) is 10.2. The summed E-state index contributed by atoms with van der Waals surface area (Å²) < 4.78 is 18.6. The fourth-order valence-corrected chi connectivity index (χ4v) is 1.57. The molecule has 0 amide bonds. The topological polar surface area (TPSA) is 77.3 Å². The molecule has 0 saturated carbocycles. The van der Waals surface area contributed by atoms with Crippen molar-refractivity contribution in [3.8, 4) is 11.6 Å². The number of ether oxygens (including phenoxy) is 1. The maximum absolute atomic E-state index is 13.2. The zero-order valence-electron chi connectivity index (χ0n) is 10.9. The van der Waals surface area contributed by atoms with E-state index in [4.69, 9.17) is 4.74 Å².